The van der Waals surface area contributed by atoms with Gasteiger partial charge in [0, 0.05) is 5.92 Å². The van der Waals surface area contributed by atoms with Crippen molar-refractivity contribution in [2.24, 2.45) is 11.8 Å². The predicted octanol–water partition coefficient (Wildman–Crippen LogP) is 2.81. The lowest BCUT2D eigenvalue weighted by Gasteiger charge is -2.21. The highest BCUT2D eigenvalue weighted by Crippen LogP contribution is 2.40. The summed E-state index contributed by atoms with van der Waals surface area (Å²) in [5, 5.41) is 0. The van der Waals surface area contributed by atoms with Gasteiger partial charge in [-0.25, -0.2) is 0 Å². The van der Waals surface area contributed by atoms with Gasteiger partial charge in [0.05, 0.1) is 11.7 Å². The van der Waals surface area contributed by atoms with E-state index in [2.05, 4.69) is 20.8 Å². The lowest BCUT2D eigenvalue weighted by molar-refractivity contribution is -0.122. The van der Waals surface area contributed by atoms with E-state index in [9.17, 15) is 4.79 Å². The van der Waals surface area contributed by atoms with E-state index in [1.807, 2.05) is 6.92 Å². The zero-order valence-electron chi connectivity index (χ0n) is 9.96. The van der Waals surface area contributed by atoms with Crippen molar-refractivity contribution in [3.05, 3.63) is 0 Å². The number of carbonyl (C=O) groups is 1. The SMILES string of the molecule is CC[C@@H]1OC(C)(C)CC1[C@H](C)C(C)=O. The first-order valence-corrected chi connectivity index (χ1v) is 5.55. The summed E-state index contributed by atoms with van der Waals surface area (Å²) in [5.74, 6) is 0.837. The zero-order valence-corrected chi connectivity index (χ0v) is 9.96. The van der Waals surface area contributed by atoms with Crippen molar-refractivity contribution in [3.8, 4) is 0 Å². The lowest BCUT2D eigenvalue weighted by atomic mass is 9.81. The summed E-state index contributed by atoms with van der Waals surface area (Å²) in [7, 11) is 0. The van der Waals surface area contributed by atoms with E-state index in [0.717, 1.165) is 12.8 Å². The van der Waals surface area contributed by atoms with Crippen molar-refractivity contribution >= 4 is 5.78 Å². The highest BCUT2D eigenvalue weighted by atomic mass is 16.5. The first-order chi connectivity index (χ1) is 6.37. The van der Waals surface area contributed by atoms with Crippen molar-refractivity contribution in [3.63, 3.8) is 0 Å². The van der Waals surface area contributed by atoms with E-state index in [0.29, 0.717) is 5.92 Å². The highest BCUT2D eigenvalue weighted by Gasteiger charge is 2.42. The second kappa shape index (κ2) is 4.01. The van der Waals surface area contributed by atoms with E-state index in [-0.39, 0.29) is 23.4 Å². The molecule has 0 aromatic rings. The monoisotopic (exact) mass is 198 g/mol. The van der Waals surface area contributed by atoms with Gasteiger partial charge in [0.25, 0.3) is 0 Å². The Morgan fingerprint density at radius 1 is 1.57 bits per heavy atom. The Balaban J connectivity index is 2.73. The second-order valence-electron chi connectivity index (χ2n) is 5.09. The first kappa shape index (κ1) is 11.7. The van der Waals surface area contributed by atoms with Gasteiger partial charge in [-0.15, -0.1) is 0 Å². The number of carbonyl (C=O) groups excluding carboxylic acids is 1. The van der Waals surface area contributed by atoms with Crippen LogP contribution in [0.3, 0.4) is 0 Å². The summed E-state index contributed by atoms with van der Waals surface area (Å²) in [6.07, 6.45) is 2.28. The summed E-state index contributed by atoms with van der Waals surface area (Å²) in [5.41, 5.74) is -0.0466. The summed E-state index contributed by atoms with van der Waals surface area (Å²) in [4.78, 5) is 11.3. The molecule has 1 aliphatic rings. The molecular formula is C12H22O2. The van der Waals surface area contributed by atoms with Gasteiger partial charge in [-0.1, -0.05) is 13.8 Å². The van der Waals surface area contributed by atoms with Gasteiger partial charge in [0.2, 0.25) is 0 Å². The minimum atomic E-state index is -0.0466. The largest absolute Gasteiger partial charge is 0.372 e. The highest BCUT2D eigenvalue weighted by molar-refractivity contribution is 5.78. The molecule has 2 heteroatoms. The molecule has 0 spiro atoms. The molecule has 3 atom stereocenters. The Hall–Kier alpha value is -0.370. The fraction of sp³-hybridized carbons (Fsp3) is 0.917. The van der Waals surface area contributed by atoms with Crippen LogP contribution in [0.2, 0.25) is 0 Å². The standard InChI is InChI=1S/C12H22O2/c1-6-11-10(8(2)9(3)13)7-12(4,5)14-11/h8,10-11H,6-7H2,1-5H3/t8-,10?,11+/m1/s1. The van der Waals surface area contributed by atoms with Crippen LogP contribution in [0.15, 0.2) is 0 Å². The molecule has 0 saturated carbocycles. The quantitative estimate of drug-likeness (QED) is 0.697. The van der Waals surface area contributed by atoms with Crippen molar-refractivity contribution in [2.75, 3.05) is 0 Å². The van der Waals surface area contributed by atoms with Crippen LogP contribution < -0.4 is 0 Å². The molecule has 1 aliphatic heterocycles. The van der Waals surface area contributed by atoms with Crippen molar-refractivity contribution in [1.29, 1.82) is 0 Å². The Bertz CT molecular complexity index is 220. The molecule has 0 N–H and O–H groups in total. The Labute approximate surface area is 87.0 Å². The third kappa shape index (κ3) is 2.35. The number of rotatable bonds is 3. The van der Waals surface area contributed by atoms with Crippen LogP contribution in [0.4, 0.5) is 0 Å². The van der Waals surface area contributed by atoms with Gasteiger partial charge in [-0.05, 0) is 39.5 Å². The molecule has 0 bridgehead atoms. The predicted molar refractivity (Wildman–Crippen MR) is 57.2 cm³/mol. The van der Waals surface area contributed by atoms with Gasteiger partial charge in [-0.3, -0.25) is 4.79 Å². The van der Waals surface area contributed by atoms with E-state index in [1.165, 1.54) is 0 Å². The summed E-state index contributed by atoms with van der Waals surface area (Å²) in [6.45, 7) is 10.1. The molecule has 1 saturated heterocycles. The van der Waals surface area contributed by atoms with Crippen LogP contribution in [-0.4, -0.2) is 17.5 Å². The van der Waals surface area contributed by atoms with Gasteiger partial charge in [0.1, 0.15) is 5.78 Å². The van der Waals surface area contributed by atoms with Gasteiger partial charge in [-0.2, -0.15) is 0 Å². The number of Topliss-reactive ketones (excluding diaryl/α,β-unsaturated/α-hetero) is 1. The minimum Gasteiger partial charge on any atom is -0.372 e. The molecule has 2 nitrogen and oxygen atoms in total. The molecule has 1 fully saturated rings. The molecule has 0 aliphatic carbocycles. The average Bonchev–Trinajstić information content (AvgIpc) is 2.39. The fourth-order valence-electron chi connectivity index (χ4n) is 2.43. The topological polar surface area (TPSA) is 26.3 Å². The normalized spacial score (nSPS) is 32.9. The van der Waals surface area contributed by atoms with Crippen molar-refractivity contribution in [1.82, 2.24) is 0 Å². The van der Waals surface area contributed by atoms with Crippen molar-refractivity contribution in [2.45, 2.75) is 59.2 Å². The molecule has 0 aromatic carbocycles. The van der Waals surface area contributed by atoms with E-state index in [1.54, 1.807) is 6.92 Å². The maximum Gasteiger partial charge on any atom is 0.133 e. The maximum absolute atomic E-state index is 11.3. The number of hydrogen-bond donors (Lipinski definition) is 0. The van der Waals surface area contributed by atoms with Gasteiger partial charge < -0.3 is 4.74 Å². The summed E-state index contributed by atoms with van der Waals surface area (Å²) >= 11 is 0. The number of hydrogen-bond acceptors (Lipinski definition) is 2. The Kier molecular flexibility index (Phi) is 3.36. The number of ether oxygens (including phenoxy) is 1. The molecule has 0 aromatic heterocycles. The van der Waals surface area contributed by atoms with Crippen LogP contribution in [0, 0.1) is 11.8 Å². The van der Waals surface area contributed by atoms with Crippen LogP contribution >= 0.6 is 0 Å². The molecule has 82 valence electrons. The molecule has 14 heavy (non-hydrogen) atoms. The number of ketones is 1. The average molecular weight is 198 g/mol. The molecule has 1 heterocycles. The first-order valence-electron chi connectivity index (χ1n) is 5.55. The minimum absolute atomic E-state index is 0.0466. The molecular weight excluding hydrogens is 176 g/mol. The second-order valence-corrected chi connectivity index (χ2v) is 5.09. The smallest absolute Gasteiger partial charge is 0.133 e. The van der Waals surface area contributed by atoms with Crippen LogP contribution in [-0.2, 0) is 9.53 Å². The fourth-order valence-corrected chi connectivity index (χ4v) is 2.43. The van der Waals surface area contributed by atoms with Crippen LogP contribution in [0.1, 0.15) is 47.5 Å². The molecule has 0 amide bonds. The van der Waals surface area contributed by atoms with E-state index >= 15 is 0 Å². The Morgan fingerprint density at radius 3 is 2.57 bits per heavy atom. The Morgan fingerprint density at radius 2 is 2.14 bits per heavy atom. The maximum atomic E-state index is 11.3. The third-order valence-electron chi connectivity index (χ3n) is 3.36. The van der Waals surface area contributed by atoms with E-state index < -0.39 is 0 Å². The lowest BCUT2D eigenvalue weighted by Crippen LogP contribution is -2.26. The third-order valence-corrected chi connectivity index (χ3v) is 3.36. The van der Waals surface area contributed by atoms with Gasteiger partial charge in [0.15, 0.2) is 0 Å². The van der Waals surface area contributed by atoms with E-state index in [4.69, 9.17) is 4.74 Å². The van der Waals surface area contributed by atoms with Crippen molar-refractivity contribution < 1.29 is 9.53 Å². The van der Waals surface area contributed by atoms with Crippen LogP contribution in [0.5, 0.6) is 0 Å². The van der Waals surface area contributed by atoms with Crippen LogP contribution in [0.25, 0.3) is 0 Å². The van der Waals surface area contributed by atoms with Gasteiger partial charge >= 0.3 is 0 Å². The molecule has 0 radical (unpaired) electrons. The summed E-state index contributed by atoms with van der Waals surface area (Å²) in [6, 6.07) is 0. The molecule has 1 unspecified atom stereocenters. The molecule has 1 rings (SSSR count). The zero-order chi connectivity index (χ0) is 10.9. The summed E-state index contributed by atoms with van der Waals surface area (Å²) < 4.78 is 5.93.